The molecule has 0 atom stereocenters. The smallest absolute Gasteiger partial charge is 0.222 e. The molecule has 0 radical (unpaired) electrons. The number of amides is 1. The SMILES string of the molecule is COc1ccc(CN2CCN(C(=O)CC3CCSCC3)CC2)cc1. The van der Waals surface area contributed by atoms with Crippen LogP contribution in [0.4, 0.5) is 0 Å². The van der Waals surface area contributed by atoms with Crippen molar-refractivity contribution < 1.29 is 9.53 Å². The van der Waals surface area contributed by atoms with Gasteiger partial charge in [-0.25, -0.2) is 0 Å². The normalized spacial score (nSPS) is 20.1. The maximum Gasteiger partial charge on any atom is 0.222 e. The lowest BCUT2D eigenvalue weighted by Gasteiger charge is -2.35. The molecule has 1 aromatic carbocycles. The van der Waals surface area contributed by atoms with E-state index in [-0.39, 0.29) is 0 Å². The van der Waals surface area contributed by atoms with Crippen LogP contribution in [0.25, 0.3) is 0 Å². The number of methoxy groups -OCH3 is 1. The van der Waals surface area contributed by atoms with Crippen LogP contribution in [0.2, 0.25) is 0 Å². The van der Waals surface area contributed by atoms with Gasteiger partial charge in [-0.15, -0.1) is 0 Å². The molecule has 1 amide bonds. The number of nitrogens with zero attached hydrogens (tertiary/aromatic N) is 2. The predicted octanol–water partition coefficient (Wildman–Crippen LogP) is 2.87. The quantitative estimate of drug-likeness (QED) is 0.819. The second-order valence-corrected chi connectivity index (χ2v) is 7.99. The highest BCUT2D eigenvalue weighted by Gasteiger charge is 2.24. The van der Waals surface area contributed by atoms with Crippen molar-refractivity contribution >= 4 is 17.7 Å². The Morgan fingerprint density at radius 2 is 1.79 bits per heavy atom. The van der Waals surface area contributed by atoms with E-state index in [0.717, 1.165) is 44.9 Å². The Bertz CT molecular complexity index is 521. The summed E-state index contributed by atoms with van der Waals surface area (Å²) in [5.74, 6) is 4.35. The molecule has 0 aromatic heterocycles. The Hall–Kier alpha value is -1.20. The molecule has 2 saturated heterocycles. The first-order valence-corrected chi connectivity index (χ1v) is 10.1. The molecule has 0 N–H and O–H groups in total. The first-order valence-electron chi connectivity index (χ1n) is 8.95. The number of piperazine rings is 1. The summed E-state index contributed by atoms with van der Waals surface area (Å²) in [5.41, 5.74) is 1.30. The lowest BCUT2D eigenvalue weighted by Crippen LogP contribution is -2.48. The van der Waals surface area contributed by atoms with Gasteiger partial charge in [0.05, 0.1) is 7.11 Å². The molecule has 4 nitrogen and oxygen atoms in total. The zero-order valence-electron chi connectivity index (χ0n) is 14.6. The van der Waals surface area contributed by atoms with Crippen LogP contribution in [0.1, 0.15) is 24.8 Å². The summed E-state index contributed by atoms with van der Waals surface area (Å²) in [7, 11) is 1.69. The molecule has 0 bridgehead atoms. The van der Waals surface area contributed by atoms with Gasteiger partial charge >= 0.3 is 0 Å². The van der Waals surface area contributed by atoms with E-state index in [0.29, 0.717) is 11.8 Å². The third-order valence-electron chi connectivity index (χ3n) is 5.09. The Morgan fingerprint density at radius 1 is 1.12 bits per heavy atom. The molecule has 0 spiro atoms. The van der Waals surface area contributed by atoms with E-state index in [1.807, 2.05) is 23.9 Å². The number of benzene rings is 1. The zero-order valence-corrected chi connectivity index (χ0v) is 15.4. The first kappa shape index (κ1) is 17.6. The van der Waals surface area contributed by atoms with Crippen LogP contribution in [0.3, 0.4) is 0 Å². The van der Waals surface area contributed by atoms with Gasteiger partial charge in [0.25, 0.3) is 0 Å². The van der Waals surface area contributed by atoms with Gasteiger partial charge in [-0.2, -0.15) is 11.8 Å². The van der Waals surface area contributed by atoms with E-state index in [9.17, 15) is 4.79 Å². The van der Waals surface area contributed by atoms with Crippen molar-refractivity contribution in [1.29, 1.82) is 0 Å². The van der Waals surface area contributed by atoms with Crippen LogP contribution in [-0.4, -0.2) is 60.5 Å². The largest absolute Gasteiger partial charge is 0.497 e. The summed E-state index contributed by atoms with van der Waals surface area (Å²) in [5, 5.41) is 0. The molecule has 5 heteroatoms. The minimum Gasteiger partial charge on any atom is -0.497 e. The highest BCUT2D eigenvalue weighted by atomic mass is 32.2. The molecule has 0 saturated carbocycles. The summed E-state index contributed by atoms with van der Waals surface area (Å²) in [4.78, 5) is 17.0. The van der Waals surface area contributed by atoms with Gasteiger partial charge in [0.1, 0.15) is 5.75 Å². The number of rotatable bonds is 5. The Labute approximate surface area is 149 Å². The lowest BCUT2D eigenvalue weighted by atomic mass is 9.98. The fourth-order valence-electron chi connectivity index (χ4n) is 3.47. The standard InChI is InChI=1S/C19H28N2O2S/c1-23-18-4-2-17(3-5-18)15-20-8-10-21(11-9-20)19(22)14-16-6-12-24-13-7-16/h2-5,16H,6-15H2,1H3. The van der Waals surface area contributed by atoms with Crippen molar-refractivity contribution in [3.8, 4) is 5.75 Å². The van der Waals surface area contributed by atoms with Crippen LogP contribution in [0.5, 0.6) is 5.75 Å². The molecule has 2 fully saturated rings. The fraction of sp³-hybridized carbons (Fsp3) is 0.632. The van der Waals surface area contributed by atoms with E-state index in [2.05, 4.69) is 21.9 Å². The predicted molar refractivity (Wildman–Crippen MR) is 99.5 cm³/mol. The van der Waals surface area contributed by atoms with Gasteiger partial charge in [-0.1, -0.05) is 12.1 Å². The molecule has 2 aliphatic heterocycles. The summed E-state index contributed by atoms with van der Waals surface area (Å²) in [6.07, 6.45) is 3.20. The summed E-state index contributed by atoms with van der Waals surface area (Å²) in [6, 6.07) is 8.27. The monoisotopic (exact) mass is 348 g/mol. The summed E-state index contributed by atoms with van der Waals surface area (Å²) in [6.45, 7) is 4.63. The van der Waals surface area contributed by atoms with E-state index in [4.69, 9.17) is 4.74 Å². The minimum absolute atomic E-state index is 0.371. The summed E-state index contributed by atoms with van der Waals surface area (Å²) < 4.78 is 5.20. The molecule has 1 aromatic rings. The maximum atomic E-state index is 12.5. The molecule has 24 heavy (non-hydrogen) atoms. The van der Waals surface area contributed by atoms with Gasteiger partial charge < -0.3 is 9.64 Å². The Kier molecular flexibility index (Phi) is 6.44. The van der Waals surface area contributed by atoms with Crippen molar-refractivity contribution in [1.82, 2.24) is 9.80 Å². The van der Waals surface area contributed by atoms with Crippen LogP contribution >= 0.6 is 11.8 Å². The van der Waals surface area contributed by atoms with Crippen LogP contribution in [0, 0.1) is 5.92 Å². The molecule has 3 rings (SSSR count). The highest BCUT2D eigenvalue weighted by molar-refractivity contribution is 7.99. The van der Waals surface area contributed by atoms with Crippen molar-refractivity contribution in [2.75, 3.05) is 44.8 Å². The van der Waals surface area contributed by atoms with Gasteiger partial charge in [0.15, 0.2) is 0 Å². The average molecular weight is 349 g/mol. The van der Waals surface area contributed by atoms with E-state index in [1.54, 1.807) is 7.11 Å². The van der Waals surface area contributed by atoms with Gasteiger partial charge in [-0.3, -0.25) is 9.69 Å². The molecule has 132 valence electrons. The van der Waals surface area contributed by atoms with Crippen molar-refractivity contribution in [2.24, 2.45) is 5.92 Å². The van der Waals surface area contributed by atoms with E-state index in [1.165, 1.54) is 29.9 Å². The fourth-order valence-corrected chi connectivity index (χ4v) is 4.68. The highest BCUT2D eigenvalue weighted by Crippen LogP contribution is 2.26. The Balaban J connectivity index is 1.42. The number of carbonyl (C=O) groups excluding carboxylic acids is 1. The van der Waals surface area contributed by atoms with Crippen molar-refractivity contribution in [2.45, 2.75) is 25.8 Å². The first-order chi connectivity index (χ1) is 11.7. The van der Waals surface area contributed by atoms with Gasteiger partial charge in [-0.05, 0) is 48.0 Å². The minimum atomic E-state index is 0.371. The second-order valence-electron chi connectivity index (χ2n) is 6.76. The molecular formula is C19H28N2O2S. The third kappa shape index (κ3) is 4.90. The van der Waals surface area contributed by atoms with Crippen LogP contribution in [0.15, 0.2) is 24.3 Å². The average Bonchev–Trinajstić information content (AvgIpc) is 2.64. The number of hydrogen-bond donors (Lipinski definition) is 0. The van der Waals surface area contributed by atoms with E-state index >= 15 is 0 Å². The van der Waals surface area contributed by atoms with Crippen molar-refractivity contribution in [3.63, 3.8) is 0 Å². The van der Waals surface area contributed by atoms with Gasteiger partial charge in [0.2, 0.25) is 5.91 Å². The number of carbonyl (C=O) groups is 1. The Morgan fingerprint density at radius 3 is 2.42 bits per heavy atom. The van der Waals surface area contributed by atoms with Crippen LogP contribution < -0.4 is 4.74 Å². The molecular weight excluding hydrogens is 320 g/mol. The third-order valence-corrected chi connectivity index (χ3v) is 6.14. The maximum absolute atomic E-state index is 12.5. The number of thioether (sulfide) groups is 1. The topological polar surface area (TPSA) is 32.8 Å². The van der Waals surface area contributed by atoms with E-state index < -0.39 is 0 Å². The molecule has 2 aliphatic rings. The van der Waals surface area contributed by atoms with Crippen LogP contribution in [-0.2, 0) is 11.3 Å². The number of ether oxygens (including phenoxy) is 1. The number of hydrogen-bond acceptors (Lipinski definition) is 4. The van der Waals surface area contributed by atoms with Crippen molar-refractivity contribution in [3.05, 3.63) is 29.8 Å². The molecule has 0 unspecified atom stereocenters. The second kappa shape index (κ2) is 8.77. The lowest BCUT2D eigenvalue weighted by molar-refractivity contribution is -0.134. The summed E-state index contributed by atoms with van der Waals surface area (Å²) >= 11 is 2.03. The zero-order chi connectivity index (χ0) is 16.8. The molecule has 2 heterocycles. The molecule has 0 aliphatic carbocycles. The van der Waals surface area contributed by atoms with Gasteiger partial charge in [0, 0.05) is 39.1 Å².